The van der Waals surface area contributed by atoms with Gasteiger partial charge < -0.3 is 18.9 Å². The van der Waals surface area contributed by atoms with Crippen molar-refractivity contribution in [3.8, 4) is 11.5 Å². The minimum atomic E-state index is 0.0201. The number of aromatic nitrogens is 1. The Hall–Kier alpha value is -2.50. The second-order valence-corrected chi connectivity index (χ2v) is 8.30. The van der Waals surface area contributed by atoms with Crippen LogP contribution >= 0.6 is 0 Å². The molecule has 0 radical (unpaired) electrons. The number of piperidine rings is 1. The SMILES string of the molecule is CC(C)c1cc(CN2CC(C)(Cc3ccc4c(c3)OCO4)CCC2=O)no1. The van der Waals surface area contributed by atoms with E-state index < -0.39 is 0 Å². The van der Waals surface area contributed by atoms with E-state index >= 15 is 0 Å². The normalized spacial score (nSPS) is 21.9. The van der Waals surface area contributed by atoms with E-state index in [0.29, 0.717) is 25.4 Å². The zero-order valence-electron chi connectivity index (χ0n) is 16.2. The molecule has 1 aromatic heterocycles. The van der Waals surface area contributed by atoms with Crippen LogP contribution in [0.2, 0.25) is 0 Å². The summed E-state index contributed by atoms with van der Waals surface area (Å²) in [6.07, 6.45) is 2.34. The van der Waals surface area contributed by atoms with Gasteiger partial charge in [0.2, 0.25) is 12.7 Å². The van der Waals surface area contributed by atoms with Gasteiger partial charge in [0.15, 0.2) is 11.5 Å². The van der Waals surface area contributed by atoms with Gasteiger partial charge in [-0.2, -0.15) is 0 Å². The van der Waals surface area contributed by atoms with E-state index in [1.165, 1.54) is 5.56 Å². The molecule has 3 heterocycles. The maximum absolute atomic E-state index is 12.5. The number of rotatable bonds is 5. The van der Waals surface area contributed by atoms with Gasteiger partial charge in [-0.1, -0.05) is 32.0 Å². The van der Waals surface area contributed by atoms with Crippen LogP contribution in [-0.2, 0) is 17.8 Å². The number of hydrogen-bond donors (Lipinski definition) is 0. The second-order valence-electron chi connectivity index (χ2n) is 8.30. The smallest absolute Gasteiger partial charge is 0.231 e. The molecule has 0 bridgehead atoms. The summed E-state index contributed by atoms with van der Waals surface area (Å²) < 4.78 is 16.3. The van der Waals surface area contributed by atoms with Crippen LogP contribution in [0.1, 0.15) is 56.5 Å². The van der Waals surface area contributed by atoms with E-state index in [4.69, 9.17) is 14.0 Å². The Balaban J connectivity index is 1.46. The minimum absolute atomic E-state index is 0.0201. The summed E-state index contributed by atoms with van der Waals surface area (Å²) in [5.41, 5.74) is 2.05. The summed E-state index contributed by atoms with van der Waals surface area (Å²) in [6.45, 7) is 7.89. The molecule has 0 aliphatic carbocycles. The second kappa shape index (κ2) is 6.91. The number of hydrogen-bond acceptors (Lipinski definition) is 5. The summed E-state index contributed by atoms with van der Waals surface area (Å²) >= 11 is 0. The molecule has 6 heteroatoms. The van der Waals surface area contributed by atoms with E-state index in [9.17, 15) is 4.79 Å². The summed E-state index contributed by atoms with van der Waals surface area (Å²) in [4.78, 5) is 14.4. The van der Waals surface area contributed by atoms with Gasteiger partial charge in [0, 0.05) is 24.9 Å². The Morgan fingerprint density at radius 1 is 1.22 bits per heavy atom. The highest BCUT2D eigenvalue weighted by Gasteiger charge is 2.35. The molecule has 27 heavy (non-hydrogen) atoms. The molecule has 1 amide bonds. The molecule has 2 aliphatic rings. The van der Waals surface area contributed by atoms with E-state index in [0.717, 1.165) is 35.8 Å². The third-order valence-electron chi connectivity index (χ3n) is 5.43. The summed E-state index contributed by atoms with van der Waals surface area (Å²) in [7, 11) is 0. The molecule has 1 unspecified atom stereocenters. The van der Waals surface area contributed by atoms with Gasteiger partial charge in [-0.3, -0.25) is 4.79 Å². The fourth-order valence-corrected chi connectivity index (χ4v) is 3.90. The van der Waals surface area contributed by atoms with Gasteiger partial charge in [-0.05, 0) is 36.0 Å². The standard InChI is InChI=1S/C21H26N2O4/c1-14(2)18-9-16(22-27-18)11-23-12-21(3,7-6-20(23)24)10-15-4-5-17-19(8-15)26-13-25-17/h4-5,8-9,14H,6-7,10-13H2,1-3H3. The molecule has 1 aromatic carbocycles. The van der Waals surface area contributed by atoms with Crippen molar-refractivity contribution in [1.82, 2.24) is 10.1 Å². The highest BCUT2D eigenvalue weighted by atomic mass is 16.7. The Morgan fingerprint density at radius 2 is 2.04 bits per heavy atom. The van der Waals surface area contributed by atoms with Gasteiger partial charge in [-0.15, -0.1) is 0 Å². The van der Waals surface area contributed by atoms with E-state index in [-0.39, 0.29) is 18.1 Å². The maximum Gasteiger partial charge on any atom is 0.231 e. The largest absolute Gasteiger partial charge is 0.454 e. The molecular formula is C21H26N2O4. The van der Waals surface area contributed by atoms with Gasteiger partial charge >= 0.3 is 0 Å². The lowest BCUT2D eigenvalue weighted by atomic mass is 9.76. The number of ether oxygens (including phenoxy) is 2. The molecule has 1 fully saturated rings. The van der Waals surface area contributed by atoms with Crippen LogP contribution in [0.3, 0.4) is 0 Å². The number of carbonyl (C=O) groups is 1. The first-order chi connectivity index (χ1) is 12.9. The molecule has 4 rings (SSSR count). The predicted molar refractivity (Wildman–Crippen MR) is 99.6 cm³/mol. The van der Waals surface area contributed by atoms with Gasteiger partial charge in [0.05, 0.1) is 6.54 Å². The van der Waals surface area contributed by atoms with Crippen LogP contribution in [0.15, 0.2) is 28.8 Å². The van der Waals surface area contributed by atoms with Crippen molar-refractivity contribution in [3.63, 3.8) is 0 Å². The molecule has 1 atom stereocenters. The van der Waals surface area contributed by atoms with E-state index in [2.05, 4.69) is 38.1 Å². The first-order valence-electron chi connectivity index (χ1n) is 9.54. The number of amides is 1. The van der Waals surface area contributed by atoms with Crippen molar-refractivity contribution in [2.75, 3.05) is 13.3 Å². The third kappa shape index (κ3) is 3.80. The number of fused-ring (bicyclic) bond motifs is 1. The van der Waals surface area contributed by atoms with Crippen molar-refractivity contribution >= 4 is 5.91 Å². The van der Waals surface area contributed by atoms with E-state index in [1.807, 2.05) is 17.0 Å². The quantitative estimate of drug-likeness (QED) is 0.799. The fourth-order valence-electron chi connectivity index (χ4n) is 3.90. The van der Waals surface area contributed by atoms with Crippen LogP contribution in [0, 0.1) is 5.41 Å². The van der Waals surface area contributed by atoms with Crippen LogP contribution in [0.25, 0.3) is 0 Å². The highest BCUT2D eigenvalue weighted by Crippen LogP contribution is 2.38. The van der Waals surface area contributed by atoms with E-state index in [1.54, 1.807) is 0 Å². The molecule has 6 nitrogen and oxygen atoms in total. The first-order valence-corrected chi connectivity index (χ1v) is 9.54. The van der Waals surface area contributed by atoms with Gasteiger partial charge in [-0.25, -0.2) is 0 Å². The number of benzene rings is 1. The van der Waals surface area contributed by atoms with Crippen molar-refractivity contribution in [1.29, 1.82) is 0 Å². The summed E-state index contributed by atoms with van der Waals surface area (Å²) in [6, 6.07) is 8.07. The topological polar surface area (TPSA) is 64.8 Å². The van der Waals surface area contributed by atoms with Crippen LogP contribution in [0.4, 0.5) is 0 Å². The Labute approximate surface area is 159 Å². The fraction of sp³-hybridized carbons (Fsp3) is 0.524. The molecular weight excluding hydrogens is 344 g/mol. The van der Waals surface area contributed by atoms with Gasteiger partial charge in [0.25, 0.3) is 0 Å². The highest BCUT2D eigenvalue weighted by molar-refractivity contribution is 5.77. The Bertz CT molecular complexity index is 844. The molecule has 0 spiro atoms. The third-order valence-corrected chi connectivity index (χ3v) is 5.43. The predicted octanol–water partition coefficient (Wildman–Crippen LogP) is 3.90. The maximum atomic E-state index is 12.5. The average Bonchev–Trinajstić information content (AvgIpc) is 3.27. The lowest BCUT2D eigenvalue weighted by Crippen LogP contribution is -2.45. The lowest BCUT2D eigenvalue weighted by molar-refractivity contribution is -0.138. The number of likely N-dealkylation sites (tertiary alicyclic amines) is 1. The van der Waals surface area contributed by atoms with Crippen molar-refractivity contribution in [2.24, 2.45) is 5.41 Å². The number of carbonyl (C=O) groups excluding carboxylic acids is 1. The number of nitrogens with zero attached hydrogens (tertiary/aromatic N) is 2. The lowest BCUT2D eigenvalue weighted by Gasteiger charge is -2.40. The Kier molecular flexibility index (Phi) is 4.58. The summed E-state index contributed by atoms with van der Waals surface area (Å²) in [5, 5.41) is 4.14. The van der Waals surface area contributed by atoms with Crippen molar-refractivity contribution in [3.05, 3.63) is 41.3 Å². The molecule has 1 saturated heterocycles. The zero-order chi connectivity index (χ0) is 19.0. The van der Waals surface area contributed by atoms with Crippen LogP contribution < -0.4 is 9.47 Å². The summed E-state index contributed by atoms with van der Waals surface area (Å²) in [5.74, 6) is 2.95. The minimum Gasteiger partial charge on any atom is -0.454 e. The molecule has 144 valence electrons. The van der Waals surface area contributed by atoms with Crippen molar-refractivity contribution in [2.45, 2.75) is 52.5 Å². The molecule has 2 aromatic rings. The van der Waals surface area contributed by atoms with Crippen LogP contribution in [-0.4, -0.2) is 29.3 Å². The Morgan fingerprint density at radius 3 is 2.81 bits per heavy atom. The zero-order valence-corrected chi connectivity index (χ0v) is 16.2. The molecule has 2 aliphatic heterocycles. The monoisotopic (exact) mass is 370 g/mol. The van der Waals surface area contributed by atoms with Gasteiger partial charge in [0.1, 0.15) is 11.5 Å². The van der Waals surface area contributed by atoms with Crippen LogP contribution in [0.5, 0.6) is 11.5 Å². The first kappa shape index (κ1) is 17.9. The average molecular weight is 370 g/mol. The molecule has 0 saturated carbocycles. The molecule has 0 N–H and O–H groups in total. The van der Waals surface area contributed by atoms with Crippen molar-refractivity contribution < 1.29 is 18.8 Å².